The molecule has 0 aliphatic rings. The maximum absolute atomic E-state index is 9.42. The normalized spacial score (nSPS) is 8.60. The zero-order valence-corrected chi connectivity index (χ0v) is 10.6. The zero-order valence-electron chi connectivity index (χ0n) is 10.6. The van der Waals surface area contributed by atoms with E-state index in [4.69, 9.17) is 9.21 Å². The summed E-state index contributed by atoms with van der Waals surface area (Å²) in [4.78, 5) is 8.58. The maximum Gasteiger partial charge on any atom is 0.204 e. The van der Waals surface area contributed by atoms with Gasteiger partial charge in [-0.1, -0.05) is 12.1 Å². The van der Waals surface area contributed by atoms with E-state index in [1.807, 2.05) is 24.3 Å². The van der Waals surface area contributed by atoms with Crippen LogP contribution in [0.3, 0.4) is 0 Å². The third-order valence-electron chi connectivity index (χ3n) is 2.10. The molecular weight excluding hydrogens is 258 g/mol. The molecule has 2 aromatic heterocycles. The third kappa shape index (κ3) is 5.09. The summed E-state index contributed by atoms with van der Waals surface area (Å²) in [7, 11) is 0. The summed E-state index contributed by atoms with van der Waals surface area (Å²) in [5.74, 6) is 0.931. The van der Waals surface area contributed by atoms with Crippen molar-refractivity contribution in [1.29, 1.82) is 0 Å². The molecule has 104 valence electrons. The molecule has 4 N–H and O–H groups in total. The molecule has 0 bridgehead atoms. The minimum Gasteiger partial charge on any atom is -0.507 e. The number of benzene rings is 1. The number of amides is 1. The number of aromatic hydroxyl groups is 1. The van der Waals surface area contributed by atoms with E-state index in [2.05, 4.69) is 15.9 Å². The summed E-state index contributed by atoms with van der Waals surface area (Å²) in [6, 6.07) is 12.5. The number of phenols is 1. The number of furan rings is 1. The number of carbonyl (C=O) groups excluding carboxylic acids is 1. The fourth-order valence-electron chi connectivity index (χ4n) is 1.33. The molecule has 0 aliphatic carbocycles. The number of hydrogen-bond donors (Lipinski definition) is 3. The standard InChI is InChI=1S/C10H8O2.C3H4N2.CH3NO/c11-9-5-2-1-4-8(9)10-6-3-7-12-10;1-2-4-5-3-1;2-1-3/h1-7,11H;1-3H,(H,4,5);1H,(H2,2,3). The predicted octanol–water partition coefficient (Wildman–Crippen LogP) is 2.16. The van der Waals surface area contributed by atoms with Crippen LogP contribution in [0.25, 0.3) is 11.3 Å². The lowest BCUT2D eigenvalue weighted by molar-refractivity contribution is -0.106. The second-order valence-electron chi connectivity index (χ2n) is 3.40. The van der Waals surface area contributed by atoms with Gasteiger partial charge in [-0.3, -0.25) is 9.89 Å². The van der Waals surface area contributed by atoms with Crippen molar-refractivity contribution in [3.8, 4) is 17.1 Å². The summed E-state index contributed by atoms with van der Waals surface area (Å²) in [5, 5.41) is 15.6. The van der Waals surface area contributed by atoms with Crippen molar-refractivity contribution >= 4 is 6.41 Å². The van der Waals surface area contributed by atoms with Gasteiger partial charge in [-0.2, -0.15) is 5.10 Å². The molecule has 0 unspecified atom stereocenters. The Labute approximate surface area is 115 Å². The molecule has 1 aromatic carbocycles. The predicted molar refractivity (Wildman–Crippen MR) is 74.6 cm³/mol. The fraction of sp³-hybridized carbons (Fsp3) is 0. The van der Waals surface area contributed by atoms with Crippen LogP contribution in [-0.2, 0) is 4.79 Å². The van der Waals surface area contributed by atoms with Crippen molar-refractivity contribution in [2.24, 2.45) is 5.73 Å². The van der Waals surface area contributed by atoms with Crippen molar-refractivity contribution < 1.29 is 14.3 Å². The summed E-state index contributed by atoms with van der Waals surface area (Å²) < 4.78 is 5.14. The van der Waals surface area contributed by atoms with Gasteiger partial charge in [-0.15, -0.1) is 0 Å². The topological polar surface area (TPSA) is 105 Å². The summed E-state index contributed by atoms with van der Waals surface area (Å²) in [5.41, 5.74) is 4.89. The van der Waals surface area contributed by atoms with E-state index in [-0.39, 0.29) is 12.2 Å². The second-order valence-corrected chi connectivity index (χ2v) is 3.40. The smallest absolute Gasteiger partial charge is 0.204 e. The highest BCUT2D eigenvalue weighted by atomic mass is 16.3. The van der Waals surface area contributed by atoms with Crippen LogP contribution in [0.15, 0.2) is 65.5 Å². The van der Waals surface area contributed by atoms with Crippen LogP contribution >= 0.6 is 0 Å². The Bertz CT molecular complexity index is 560. The van der Waals surface area contributed by atoms with Gasteiger partial charge in [0, 0.05) is 12.4 Å². The number of para-hydroxylation sites is 1. The quantitative estimate of drug-likeness (QED) is 0.591. The Morgan fingerprint density at radius 2 is 1.95 bits per heavy atom. The first-order chi connectivity index (χ1) is 9.79. The molecule has 0 radical (unpaired) electrons. The van der Waals surface area contributed by atoms with Crippen LogP contribution in [0, 0.1) is 0 Å². The van der Waals surface area contributed by atoms with Crippen LogP contribution in [0.4, 0.5) is 0 Å². The van der Waals surface area contributed by atoms with Crippen molar-refractivity contribution in [2.45, 2.75) is 0 Å². The Morgan fingerprint density at radius 1 is 1.20 bits per heavy atom. The third-order valence-corrected chi connectivity index (χ3v) is 2.10. The van der Waals surface area contributed by atoms with Gasteiger partial charge in [0.15, 0.2) is 0 Å². The minimum absolute atomic E-state index is 0.243. The van der Waals surface area contributed by atoms with Gasteiger partial charge in [-0.25, -0.2) is 0 Å². The second kappa shape index (κ2) is 8.98. The number of H-pyrrole nitrogens is 1. The van der Waals surface area contributed by atoms with Gasteiger partial charge in [0.2, 0.25) is 6.41 Å². The van der Waals surface area contributed by atoms with Crippen molar-refractivity contribution in [3.05, 3.63) is 61.1 Å². The molecule has 1 amide bonds. The van der Waals surface area contributed by atoms with Gasteiger partial charge >= 0.3 is 0 Å². The number of nitrogens with two attached hydrogens (primary N) is 1. The molecule has 0 atom stereocenters. The first-order valence-electron chi connectivity index (χ1n) is 5.70. The Hall–Kier alpha value is -3.02. The van der Waals surface area contributed by atoms with E-state index in [0.29, 0.717) is 5.76 Å². The lowest BCUT2D eigenvalue weighted by Crippen LogP contribution is -1.82. The molecule has 2 heterocycles. The van der Waals surface area contributed by atoms with Gasteiger partial charge in [0.25, 0.3) is 0 Å². The number of nitrogens with zero attached hydrogens (tertiary/aromatic N) is 1. The molecule has 3 aromatic rings. The van der Waals surface area contributed by atoms with Crippen LogP contribution in [-0.4, -0.2) is 21.7 Å². The molecule has 20 heavy (non-hydrogen) atoms. The SMILES string of the molecule is NC=O.Oc1ccccc1-c1ccco1.c1cn[nH]c1. The summed E-state index contributed by atoms with van der Waals surface area (Å²) in [6.07, 6.45) is 5.29. The Balaban J connectivity index is 0.000000208. The lowest BCUT2D eigenvalue weighted by Gasteiger charge is -1.98. The monoisotopic (exact) mass is 273 g/mol. The van der Waals surface area contributed by atoms with Gasteiger partial charge in [-0.05, 0) is 30.3 Å². The minimum atomic E-state index is 0.243. The lowest BCUT2D eigenvalue weighted by atomic mass is 10.1. The van der Waals surface area contributed by atoms with E-state index < -0.39 is 0 Å². The first kappa shape index (κ1) is 15.0. The molecular formula is C14H15N3O3. The van der Waals surface area contributed by atoms with Crippen LogP contribution in [0.1, 0.15) is 0 Å². The van der Waals surface area contributed by atoms with E-state index in [1.165, 1.54) is 0 Å². The van der Waals surface area contributed by atoms with E-state index in [9.17, 15) is 5.11 Å². The summed E-state index contributed by atoms with van der Waals surface area (Å²) >= 11 is 0. The highest BCUT2D eigenvalue weighted by Crippen LogP contribution is 2.28. The number of primary amides is 1. The Morgan fingerprint density at radius 3 is 2.40 bits per heavy atom. The maximum atomic E-state index is 9.42. The average Bonchev–Trinajstić information content (AvgIpc) is 3.17. The molecule has 6 nitrogen and oxygen atoms in total. The fourth-order valence-corrected chi connectivity index (χ4v) is 1.33. The molecule has 3 rings (SSSR count). The summed E-state index contributed by atoms with van der Waals surface area (Å²) in [6.45, 7) is 0. The average molecular weight is 273 g/mol. The number of phenolic OH excluding ortho intramolecular Hbond substituents is 1. The molecule has 0 saturated carbocycles. The molecule has 0 aliphatic heterocycles. The highest BCUT2D eigenvalue weighted by Gasteiger charge is 2.03. The molecule has 0 fully saturated rings. The van der Waals surface area contributed by atoms with Gasteiger partial charge in [0.05, 0.1) is 11.8 Å². The number of nitrogens with one attached hydrogen (secondary N) is 1. The van der Waals surface area contributed by atoms with Gasteiger partial charge < -0.3 is 15.3 Å². The van der Waals surface area contributed by atoms with E-state index >= 15 is 0 Å². The Kier molecular flexibility index (Phi) is 6.75. The first-order valence-corrected chi connectivity index (χ1v) is 5.70. The zero-order chi connectivity index (χ0) is 14.6. The van der Waals surface area contributed by atoms with E-state index in [1.54, 1.807) is 36.9 Å². The molecule has 0 spiro atoms. The highest BCUT2D eigenvalue weighted by molar-refractivity contribution is 5.64. The number of carbonyl (C=O) groups is 1. The van der Waals surface area contributed by atoms with Crippen LogP contribution in [0.5, 0.6) is 5.75 Å². The number of hydrogen-bond acceptors (Lipinski definition) is 4. The number of rotatable bonds is 1. The van der Waals surface area contributed by atoms with Gasteiger partial charge in [0.1, 0.15) is 11.5 Å². The number of aromatic nitrogens is 2. The largest absolute Gasteiger partial charge is 0.507 e. The van der Waals surface area contributed by atoms with Crippen molar-refractivity contribution in [2.75, 3.05) is 0 Å². The van der Waals surface area contributed by atoms with E-state index in [0.717, 1.165) is 5.56 Å². The van der Waals surface area contributed by atoms with Crippen LogP contribution < -0.4 is 5.73 Å². The van der Waals surface area contributed by atoms with Crippen molar-refractivity contribution in [3.63, 3.8) is 0 Å². The van der Waals surface area contributed by atoms with Crippen molar-refractivity contribution in [1.82, 2.24) is 10.2 Å². The molecule has 6 heteroatoms. The number of aromatic amines is 1. The van der Waals surface area contributed by atoms with Crippen LogP contribution in [0.2, 0.25) is 0 Å². The molecule has 0 saturated heterocycles.